The number of para-hydroxylation sites is 1. The summed E-state index contributed by atoms with van der Waals surface area (Å²) in [5, 5.41) is 0. The van der Waals surface area contributed by atoms with E-state index in [2.05, 4.69) is 0 Å². The summed E-state index contributed by atoms with van der Waals surface area (Å²) in [4.78, 5) is 28.1. The van der Waals surface area contributed by atoms with E-state index in [9.17, 15) is 14.0 Å². The monoisotopic (exact) mass is 362 g/mol. The molecular formula is C20H27FN2O3. The minimum Gasteiger partial charge on any atom is -0.481 e. The number of nitrogens with zero attached hydrogens (tertiary/aromatic N) is 2. The van der Waals surface area contributed by atoms with Crippen LogP contribution in [0.4, 0.5) is 4.39 Å². The Morgan fingerprint density at radius 3 is 2.27 bits per heavy atom. The first-order valence-corrected chi connectivity index (χ1v) is 9.56. The van der Waals surface area contributed by atoms with Crippen molar-refractivity contribution in [2.45, 2.75) is 38.5 Å². The number of piperazine rings is 1. The van der Waals surface area contributed by atoms with Crippen molar-refractivity contribution in [3.8, 4) is 5.75 Å². The van der Waals surface area contributed by atoms with E-state index in [0.29, 0.717) is 32.6 Å². The first-order valence-electron chi connectivity index (χ1n) is 9.56. The molecule has 3 rings (SSSR count). The first kappa shape index (κ1) is 18.7. The third-order valence-corrected chi connectivity index (χ3v) is 5.41. The van der Waals surface area contributed by atoms with E-state index in [1.807, 2.05) is 4.90 Å². The van der Waals surface area contributed by atoms with Crippen molar-refractivity contribution in [1.82, 2.24) is 9.80 Å². The van der Waals surface area contributed by atoms with Gasteiger partial charge in [0.2, 0.25) is 5.91 Å². The van der Waals surface area contributed by atoms with Crippen LogP contribution >= 0.6 is 0 Å². The standard InChI is InChI=1S/C20H27FN2O3/c21-17-7-3-4-8-18(17)26-15-20(25)23-13-11-22(12-14-23)19(24)10-9-16-5-1-2-6-16/h3-4,7-8,16H,1-2,5-6,9-15H2. The van der Waals surface area contributed by atoms with E-state index in [4.69, 9.17) is 4.74 Å². The molecule has 2 aliphatic rings. The largest absolute Gasteiger partial charge is 0.481 e. The zero-order valence-electron chi connectivity index (χ0n) is 15.2. The molecule has 2 fully saturated rings. The third-order valence-electron chi connectivity index (χ3n) is 5.41. The van der Waals surface area contributed by atoms with Gasteiger partial charge < -0.3 is 14.5 Å². The number of amides is 2. The fraction of sp³-hybridized carbons (Fsp3) is 0.600. The van der Waals surface area contributed by atoms with Crippen LogP contribution < -0.4 is 4.74 Å². The van der Waals surface area contributed by atoms with E-state index < -0.39 is 5.82 Å². The Kier molecular flexibility index (Phi) is 6.47. The van der Waals surface area contributed by atoms with Gasteiger partial charge in [0.25, 0.3) is 5.91 Å². The molecule has 1 aliphatic heterocycles. The maximum Gasteiger partial charge on any atom is 0.260 e. The van der Waals surface area contributed by atoms with Gasteiger partial charge in [-0.1, -0.05) is 37.8 Å². The second-order valence-electron chi connectivity index (χ2n) is 7.17. The second kappa shape index (κ2) is 9.01. The van der Waals surface area contributed by atoms with Gasteiger partial charge in [0.1, 0.15) is 0 Å². The summed E-state index contributed by atoms with van der Waals surface area (Å²) < 4.78 is 18.8. The summed E-state index contributed by atoms with van der Waals surface area (Å²) >= 11 is 0. The molecule has 0 aromatic heterocycles. The Labute approximate surface area is 154 Å². The Hall–Kier alpha value is -2.11. The molecule has 1 aromatic carbocycles. The van der Waals surface area contributed by atoms with Gasteiger partial charge in [0.15, 0.2) is 18.2 Å². The SMILES string of the molecule is O=C(CCC1CCCC1)N1CCN(C(=O)COc2ccccc2F)CC1. The van der Waals surface area contributed by atoms with Crippen molar-refractivity contribution >= 4 is 11.8 Å². The predicted octanol–water partition coefficient (Wildman–Crippen LogP) is 2.85. The molecule has 1 aromatic rings. The molecule has 5 nitrogen and oxygen atoms in total. The third kappa shape index (κ3) is 4.96. The van der Waals surface area contributed by atoms with E-state index in [0.717, 1.165) is 12.3 Å². The summed E-state index contributed by atoms with van der Waals surface area (Å²) in [6.07, 6.45) is 6.74. The van der Waals surface area contributed by atoms with Crippen molar-refractivity contribution in [1.29, 1.82) is 0 Å². The van der Waals surface area contributed by atoms with Crippen LogP contribution in [0.15, 0.2) is 24.3 Å². The lowest BCUT2D eigenvalue weighted by molar-refractivity contribution is -0.140. The fourth-order valence-corrected chi connectivity index (χ4v) is 3.78. The molecule has 1 heterocycles. The van der Waals surface area contributed by atoms with E-state index >= 15 is 0 Å². The maximum atomic E-state index is 13.5. The van der Waals surface area contributed by atoms with Crippen LogP contribution in [0.5, 0.6) is 5.75 Å². The Morgan fingerprint density at radius 1 is 1.00 bits per heavy atom. The van der Waals surface area contributed by atoms with Crippen LogP contribution in [-0.4, -0.2) is 54.4 Å². The number of benzene rings is 1. The number of rotatable bonds is 6. The van der Waals surface area contributed by atoms with Crippen molar-refractivity contribution in [3.63, 3.8) is 0 Å². The zero-order chi connectivity index (χ0) is 18.4. The summed E-state index contributed by atoms with van der Waals surface area (Å²) in [5.41, 5.74) is 0. The molecule has 0 unspecified atom stereocenters. The van der Waals surface area contributed by atoms with Crippen molar-refractivity contribution in [2.75, 3.05) is 32.8 Å². The number of halogens is 1. The molecule has 0 N–H and O–H groups in total. The smallest absolute Gasteiger partial charge is 0.260 e. The van der Waals surface area contributed by atoms with E-state index in [1.54, 1.807) is 17.0 Å². The van der Waals surface area contributed by atoms with Gasteiger partial charge in [0.05, 0.1) is 0 Å². The maximum absolute atomic E-state index is 13.5. The van der Waals surface area contributed by atoms with E-state index in [-0.39, 0.29) is 24.2 Å². The molecule has 1 aliphatic carbocycles. The lowest BCUT2D eigenvalue weighted by atomic mass is 10.0. The van der Waals surface area contributed by atoms with Gasteiger partial charge in [-0.15, -0.1) is 0 Å². The topological polar surface area (TPSA) is 49.9 Å². The number of hydrogen-bond acceptors (Lipinski definition) is 3. The van der Waals surface area contributed by atoms with Crippen LogP contribution in [-0.2, 0) is 9.59 Å². The Bertz CT molecular complexity index is 623. The van der Waals surface area contributed by atoms with E-state index in [1.165, 1.54) is 37.8 Å². The fourth-order valence-electron chi connectivity index (χ4n) is 3.78. The van der Waals surface area contributed by atoms with Gasteiger partial charge in [-0.3, -0.25) is 9.59 Å². The highest BCUT2D eigenvalue weighted by Crippen LogP contribution is 2.28. The molecule has 1 saturated heterocycles. The predicted molar refractivity (Wildman–Crippen MR) is 96.2 cm³/mol. The Morgan fingerprint density at radius 2 is 1.62 bits per heavy atom. The first-order chi connectivity index (χ1) is 12.6. The number of ether oxygens (including phenoxy) is 1. The van der Waals surface area contributed by atoms with Crippen LogP contribution in [0.2, 0.25) is 0 Å². The minimum atomic E-state index is -0.474. The molecule has 0 radical (unpaired) electrons. The zero-order valence-corrected chi connectivity index (χ0v) is 15.2. The highest BCUT2D eigenvalue weighted by molar-refractivity contribution is 5.79. The molecule has 0 atom stereocenters. The normalized spacial score (nSPS) is 18.2. The quantitative estimate of drug-likeness (QED) is 0.782. The Balaban J connectivity index is 1.37. The minimum absolute atomic E-state index is 0.0848. The van der Waals surface area contributed by atoms with Gasteiger partial charge >= 0.3 is 0 Å². The summed E-state index contributed by atoms with van der Waals surface area (Å²) in [6.45, 7) is 1.96. The average molecular weight is 362 g/mol. The second-order valence-corrected chi connectivity index (χ2v) is 7.17. The molecule has 6 heteroatoms. The van der Waals surface area contributed by atoms with Gasteiger partial charge in [-0.05, 0) is 24.5 Å². The molecule has 26 heavy (non-hydrogen) atoms. The van der Waals surface area contributed by atoms with Crippen LogP contribution in [0, 0.1) is 11.7 Å². The average Bonchev–Trinajstić information content (AvgIpc) is 3.19. The summed E-state index contributed by atoms with van der Waals surface area (Å²) in [7, 11) is 0. The van der Waals surface area contributed by atoms with Gasteiger partial charge in [0, 0.05) is 32.6 Å². The van der Waals surface area contributed by atoms with Crippen molar-refractivity contribution in [2.24, 2.45) is 5.92 Å². The highest BCUT2D eigenvalue weighted by atomic mass is 19.1. The number of carbonyl (C=O) groups is 2. The van der Waals surface area contributed by atoms with Crippen LogP contribution in [0.1, 0.15) is 38.5 Å². The number of hydrogen-bond donors (Lipinski definition) is 0. The van der Waals surface area contributed by atoms with Gasteiger partial charge in [-0.25, -0.2) is 4.39 Å². The molecule has 2 amide bonds. The van der Waals surface area contributed by atoms with Crippen molar-refractivity contribution in [3.05, 3.63) is 30.1 Å². The lowest BCUT2D eigenvalue weighted by Crippen LogP contribution is -2.51. The molecule has 142 valence electrons. The summed E-state index contributed by atoms with van der Waals surface area (Å²) in [6, 6.07) is 6.05. The molecular weight excluding hydrogens is 335 g/mol. The van der Waals surface area contributed by atoms with Gasteiger partial charge in [-0.2, -0.15) is 0 Å². The lowest BCUT2D eigenvalue weighted by Gasteiger charge is -2.35. The van der Waals surface area contributed by atoms with Crippen molar-refractivity contribution < 1.29 is 18.7 Å². The highest BCUT2D eigenvalue weighted by Gasteiger charge is 2.25. The molecule has 0 spiro atoms. The molecule has 0 bridgehead atoms. The van der Waals surface area contributed by atoms with Crippen LogP contribution in [0.25, 0.3) is 0 Å². The number of carbonyl (C=O) groups excluding carboxylic acids is 2. The van der Waals surface area contributed by atoms with Crippen LogP contribution in [0.3, 0.4) is 0 Å². The summed E-state index contributed by atoms with van der Waals surface area (Å²) in [5.74, 6) is 0.356. The molecule has 1 saturated carbocycles.